The first-order chi connectivity index (χ1) is 8.53. The third-order valence-electron chi connectivity index (χ3n) is 3.33. The van der Waals surface area contributed by atoms with Crippen LogP contribution in [-0.4, -0.2) is 27.5 Å². The number of nitrogens with zero attached hydrogens (tertiary/aromatic N) is 2. The fraction of sp³-hybridized carbons (Fsp3) is 0.786. The van der Waals surface area contributed by atoms with Gasteiger partial charge < -0.3 is 10.8 Å². The van der Waals surface area contributed by atoms with Crippen molar-refractivity contribution in [2.75, 3.05) is 6.61 Å². The Balaban J connectivity index is 2.96. The van der Waals surface area contributed by atoms with E-state index < -0.39 is 0 Å². The normalized spacial score (nSPS) is 15.1. The van der Waals surface area contributed by atoms with E-state index in [1.54, 1.807) is 0 Å². The lowest BCUT2D eigenvalue weighted by atomic mass is 9.98. The van der Waals surface area contributed by atoms with E-state index >= 15 is 0 Å². The third kappa shape index (κ3) is 3.56. The largest absolute Gasteiger partial charge is 0.394 e. The topological polar surface area (TPSA) is 64.1 Å². The highest BCUT2D eigenvalue weighted by atomic mass is 16.3. The zero-order chi connectivity index (χ0) is 13.7. The Morgan fingerprint density at radius 3 is 2.44 bits per heavy atom. The van der Waals surface area contributed by atoms with Crippen molar-refractivity contribution in [3.05, 3.63) is 17.5 Å². The molecule has 104 valence electrons. The van der Waals surface area contributed by atoms with Crippen molar-refractivity contribution in [3.8, 4) is 0 Å². The average molecular weight is 253 g/mol. The maximum absolute atomic E-state index is 9.62. The molecule has 18 heavy (non-hydrogen) atoms. The molecule has 0 aromatic carbocycles. The average Bonchev–Trinajstić information content (AvgIpc) is 2.72. The second kappa shape index (κ2) is 6.90. The Morgan fingerprint density at radius 1 is 1.33 bits per heavy atom. The standard InChI is InChI=1S/C14H27N3O/c1-5-11-8-12(6-2)17(16-11)14(9-18)13(15)7-10(3)4/h8,10,13-14,18H,5-7,9,15H2,1-4H3. The van der Waals surface area contributed by atoms with E-state index in [0.717, 1.165) is 30.7 Å². The molecule has 1 aromatic heterocycles. The molecule has 1 rings (SSSR count). The van der Waals surface area contributed by atoms with Crippen molar-refractivity contribution in [1.82, 2.24) is 9.78 Å². The lowest BCUT2D eigenvalue weighted by molar-refractivity contribution is 0.184. The van der Waals surface area contributed by atoms with Gasteiger partial charge in [0.05, 0.1) is 18.3 Å². The minimum absolute atomic E-state index is 0.0473. The highest BCUT2D eigenvalue weighted by Gasteiger charge is 2.23. The Bertz CT molecular complexity index is 360. The molecule has 3 N–H and O–H groups in total. The first kappa shape index (κ1) is 15.2. The van der Waals surface area contributed by atoms with Crippen LogP contribution in [-0.2, 0) is 12.8 Å². The molecule has 0 spiro atoms. The highest BCUT2D eigenvalue weighted by molar-refractivity contribution is 5.12. The van der Waals surface area contributed by atoms with Gasteiger partial charge in [-0.1, -0.05) is 27.7 Å². The van der Waals surface area contributed by atoms with E-state index in [9.17, 15) is 5.11 Å². The second-order valence-electron chi connectivity index (χ2n) is 5.32. The summed E-state index contributed by atoms with van der Waals surface area (Å²) in [5.74, 6) is 0.528. The first-order valence-electron chi connectivity index (χ1n) is 6.97. The van der Waals surface area contributed by atoms with E-state index in [1.807, 2.05) is 4.68 Å². The number of rotatable bonds is 7. The molecule has 0 amide bonds. The summed E-state index contributed by atoms with van der Waals surface area (Å²) in [7, 11) is 0. The summed E-state index contributed by atoms with van der Waals surface area (Å²) in [6, 6.07) is 1.96. The fourth-order valence-corrected chi connectivity index (χ4v) is 2.31. The zero-order valence-electron chi connectivity index (χ0n) is 12.1. The zero-order valence-corrected chi connectivity index (χ0v) is 12.1. The van der Waals surface area contributed by atoms with Crippen LogP contribution in [0.4, 0.5) is 0 Å². The van der Waals surface area contributed by atoms with Gasteiger partial charge in [-0.25, -0.2) is 0 Å². The minimum atomic E-state index is -0.109. The van der Waals surface area contributed by atoms with Crippen LogP contribution in [0.1, 0.15) is 51.5 Å². The Labute approximate surface area is 110 Å². The van der Waals surface area contributed by atoms with Gasteiger partial charge in [0.25, 0.3) is 0 Å². The molecule has 4 nitrogen and oxygen atoms in total. The van der Waals surface area contributed by atoms with E-state index in [4.69, 9.17) is 5.73 Å². The number of aryl methyl sites for hydroxylation is 2. The van der Waals surface area contributed by atoms with Gasteiger partial charge in [0.1, 0.15) is 0 Å². The van der Waals surface area contributed by atoms with Crippen molar-refractivity contribution in [1.29, 1.82) is 0 Å². The summed E-state index contributed by atoms with van der Waals surface area (Å²) in [6.07, 6.45) is 2.73. The quantitative estimate of drug-likeness (QED) is 0.780. The van der Waals surface area contributed by atoms with Gasteiger partial charge in [-0.05, 0) is 31.2 Å². The minimum Gasteiger partial charge on any atom is -0.394 e. The molecule has 1 aromatic rings. The molecule has 1 heterocycles. The van der Waals surface area contributed by atoms with Gasteiger partial charge in [-0.15, -0.1) is 0 Å². The summed E-state index contributed by atoms with van der Waals surface area (Å²) in [6.45, 7) is 8.54. The van der Waals surface area contributed by atoms with Crippen molar-refractivity contribution in [3.63, 3.8) is 0 Å². The lowest BCUT2D eigenvalue weighted by Gasteiger charge is -2.25. The summed E-state index contributed by atoms with van der Waals surface area (Å²) in [4.78, 5) is 0. The van der Waals surface area contributed by atoms with Crippen molar-refractivity contribution in [2.24, 2.45) is 11.7 Å². The van der Waals surface area contributed by atoms with E-state index in [2.05, 4.69) is 38.9 Å². The van der Waals surface area contributed by atoms with Crippen LogP contribution in [0.5, 0.6) is 0 Å². The SMILES string of the molecule is CCc1cc(CC)n(C(CO)C(N)CC(C)C)n1. The molecule has 0 saturated heterocycles. The molecule has 0 bridgehead atoms. The predicted octanol–water partition coefficient (Wildman–Crippen LogP) is 1.91. The Kier molecular flexibility index (Phi) is 5.82. The van der Waals surface area contributed by atoms with Gasteiger partial charge >= 0.3 is 0 Å². The monoisotopic (exact) mass is 253 g/mol. The van der Waals surface area contributed by atoms with Crippen LogP contribution in [0.3, 0.4) is 0 Å². The van der Waals surface area contributed by atoms with Crippen LogP contribution in [0.15, 0.2) is 6.07 Å². The summed E-state index contributed by atoms with van der Waals surface area (Å²) < 4.78 is 1.94. The molecule has 0 aliphatic rings. The second-order valence-corrected chi connectivity index (χ2v) is 5.32. The number of aliphatic hydroxyl groups is 1. The van der Waals surface area contributed by atoms with Crippen molar-refractivity contribution >= 4 is 0 Å². The number of hydrogen-bond acceptors (Lipinski definition) is 3. The van der Waals surface area contributed by atoms with Gasteiger partial charge in [-0.3, -0.25) is 4.68 Å². The highest BCUT2D eigenvalue weighted by Crippen LogP contribution is 2.19. The number of aliphatic hydroxyl groups excluding tert-OH is 1. The molecule has 0 fully saturated rings. The van der Waals surface area contributed by atoms with Crippen molar-refractivity contribution < 1.29 is 5.11 Å². The van der Waals surface area contributed by atoms with Crippen LogP contribution in [0.2, 0.25) is 0 Å². The van der Waals surface area contributed by atoms with Crippen LogP contribution in [0.25, 0.3) is 0 Å². The molecule has 2 unspecified atom stereocenters. The van der Waals surface area contributed by atoms with Gasteiger partial charge in [-0.2, -0.15) is 5.10 Å². The molecule has 4 heteroatoms. The van der Waals surface area contributed by atoms with Gasteiger partial charge in [0.2, 0.25) is 0 Å². The molecule has 0 aliphatic heterocycles. The van der Waals surface area contributed by atoms with E-state index in [1.165, 1.54) is 0 Å². The van der Waals surface area contributed by atoms with Gasteiger partial charge in [0, 0.05) is 11.7 Å². The Morgan fingerprint density at radius 2 is 2.00 bits per heavy atom. The molecule has 0 aliphatic carbocycles. The number of aromatic nitrogens is 2. The van der Waals surface area contributed by atoms with Crippen LogP contribution < -0.4 is 5.73 Å². The predicted molar refractivity (Wildman–Crippen MR) is 74.5 cm³/mol. The van der Waals surface area contributed by atoms with Crippen LogP contribution in [0, 0.1) is 5.92 Å². The lowest BCUT2D eigenvalue weighted by Crippen LogP contribution is -2.37. The van der Waals surface area contributed by atoms with Crippen molar-refractivity contribution in [2.45, 2.75) is 59.0 Å². The molecular weight excluding hydrogens is 226 g/mol. The van der Waals surface area contributed by atoms with E-state index in [0.29, 0.717) is 5.92 Å². The van der Waals surface area contributed by atoms with E-state index in [-0.39, 0.29) is 18.7 Å². The summed E-state index contributed by atoms with van der Waals surface area (Å²) in [5.41, 5.74) is 8.44. The maximum Gasteiger partial charge on any atom is 0.0903 e. The fourth-order valence-electron chi connectivity index (χ4n) is 2.31. The summed E-state index contributed by atoms with van der Waals surface area (Å²) in [5, 5.41) is 14.2. The molecule has 0 saturated carbocycles. The van der Waals surface area contributed by atoms with Crippen LogP contribution >= 0.6 is 0 Å². The number of nitrogens with two attached hydrogens (primary N) is 1. The molecular formula is C14H27N3O. The maximum atomic E-state index is 9.62. The first-order valence-corrected chi connectivity index (χ1v) is 6.97. The summed E-state index contributed by atoms with van der Waals surface area (Å²) >= 11 is 0. The molecule has 2 atom stereocenters. The third-order valence-corrected chi connectivity index (χ3v) is 3.33. The molecule has 0 radical (unpaired) electrons. The Hall–Kier alpha value is -0.870. The number of hydrogen-bond donors (Lipinski definition) is 2. The van der Waals surface area contributed by atoms with Gasteiger partial charge in [0.15, 0.2) is 0 Å². The smallest absolute Gasteiger partial charge is 0.0903 e.